The average molecular weight is 446 g/mol. The third-order valence-electron chi connectivity index (χ3n) is 5.11. The highest BCUT2D eigenvalue weighted by atomic mass is 32.2. The number of benzene rings is 2. The summed E-state index contributed by atoms with van der Waals surface area (Å²) in [5.74, 6) is -0.781. The number of carbonyl (C=O) groups excluding carboxylic acids is 2. The summed E-state index contributed by atoms with van der Waals surface area (Å²) in [5, 5.41) is 5.61. The molecule has 0 radical (unpaired) electrons. The van der Waals surface area contributed by atoms with Gasteiger partial charge in [-0.1, -0.05) is 25.1 Å². The van der Waals surface area contributed by atoms with Crippen molar-refractivity contribution in [3.05, 3.63) is 59.7 Å². The quantitative estimate of drug-likeness (QED) is 0.681. The van der Waals surface area contributed by atoms with Crippen molar-refractivity contribution in [2.75, 3.05) is 31.6 Å². The molecule has 2 N–H and O–H groups in total. The fraction of sp³-hybridized carbons (Fsp3) is 0.364. The molecule has 1 saturated heterocycles. The van der Waals surface area contributed by atoms with Gasteiger partial charge in [0.1, 0.15) is 0 Å². The lowest BCUT2D eigenvalue weighted by atomic mass is 10.1. The minimum Gasteiger partial charge on any atom is -0.379 e. The van der Waals surface area contributed by atoms with Gasteiger partial charge in [-0.3, -0.25) is 9.59 Å². The van der Waals surface area contributed by atoms with Crippen LogP contribution in [0.5, 0.6) is 0 Å². The summed E-state index contributed by atoms with van der Waals surface area (Å²) in [6, 6.07) is 12.6. The van der Waals surface area contributed by atoms with Gasteiger partial charge in [-0.25, -0.2) is 8.42 Å². The summed E-state index contributed by atoms with van der Waals surface area (Å²) >= 11 is 0. The summed E-state index contributed by atoms with van der Waals surface area (Å²) in [4.78, 5) is 25.5. The molecule has 0 spiro atoms. The molecule has 0 saturated carbocycles. The number of amides is 2. The summed E-state index contributed by atoms with van der Waals surface area (Å²) in [6.45, 7) is 5.11. The number of morpholine rings is 1. The number of hydrogen-bond acceptors (Lipinski definition) is 5. The highest BCUT2D eigenvalue weighted by Gasteiger charge is 2.27. The van der Waals surface area contributed by atoms with Crippen LogP contribution < -0.4 is 10.6 Å². The highest BCUT2D eigenvalue weighted by molar-refractivity contribution is 7.89. The molecule has 0 aliphatic carbocycles. The van der Waals surface area contributed by atoms with Crippen molar-refractivity contribution in [1.82, 2.24) is 9.62 Å². The van der Waals surface area contributed by atoms with Gasteiger partial charge < -0.3 is 15.4 Å². The second-order valence-electron chi connectivity index (χ2n) is 7.33. The Balaban J connectivity index is 1.81. The van der Waals surface area contributed by atoms with Crippen molar-refractivity contribution in [3.63, 3.8) is 0 Å². The molecular weight excluding hydrogens is 418 g/mol. The predicted octanol–water partition coefficient (Wildman–Crippen LogP) is 2.49. The molecule has 1 aliphatic rings. The number of anilines is 1. The van der Waals surface area contributed by atoms with Gasteiger partial charge in [-0.05, 0) is 43.7 Å². The fourth-order valence-electron chi connectivity index (χ4n) is 3.12. The summed E-state index contributed by atoms with van der Waals surface area (Å²) in [7, 11) is -3.72. The molecule has 1 atom stereocenters. The van der Waals surface area contributed by atoms with Gasteiger partial charge in [-0.15, -0.1) is 0 Å². The first-order valence-corrected chi connectivity index (χ1v) is 11.7. The third kappa shape index (κ3) is 5.49. The Morgan fingerprint density at radius 2 is 1.77 bits per heavy atom. The Hall–Kier alpha value is -2.75. The van der Waals surface area contributed by atoms with Crippen LogP contribution in [-0.2, 0) is 14.8 Å². The van der Waals surface area contributed by atoms with Crippen LogP contribution in [0.3, 0.4) is 0 Å². The monoisotopic (exact) mass is 445 g/mol. The Morgan fingerprint density at radius 1 is 1.06 bits per heavy atom. The zero-order valence-corrected chi connectivity index (χ0v) is 18.4. The second kappa shape index (κ2) is 10.0. The molecule has 2 aromatic carbocycles. The van der Waals surface area contributed by atoms with E-state index in [1.165, 1.54) is 28.6 Å². The van der Waals surface area contributed by atoms with Crippen LogP contribution in [0, 0.1) is 0 Å². The number of nitrogens with zero attached hydrogens (tertiary/aromatic N) is 1. The maximum absolute atomic E-state index is 12.9. The molecule has 8 nitrogen and oxygen atoms in total. The van der Waals surface area contributed by atoms with Gasteiger partial charge in [0, 0.05) is 24.7 Å². The van der Waals surface area contributed by atoms with E-state index in [9.17, 15) is 18.0 Å². The van der Waals surface area contributed by atoms with Crippen molar-refractivity contribution < 1.29 is 22.7 Å². The first-order chi connectivity index (χ1) is 14.8. The SMILES string of the molecule is CC[C@@H](C)NC(=O)c1ccccc1NC(=O)c1cccc(S(=O)(=O)N2CCOCC2)c1. The minimum atomic E-state index is -3.72. The van der Waals surface area contributed by atoms with Crippen molar-refractivity contribution in [1.29, 1.82) is 0 Å². The van der Waals surface area contributed by atoms with E-state index in [0.29, 0.717) is 24.5 Å². The molecule has 0 aromatic heterocycles. The summed E-state index contributed by atoms with van der Waals surface area (Å²) in [6.07, 6.45) is 0.782. The molecule has 0 unspecified atom stereocenters. The van der Waals surface area contributed by atoms with E-state index in [2.05, 4.69) is 10.6 Å². The lowest BCUT2D eigenvalue weighted by Gasteiger charge is -2.26. The standard InChI is InChI=1S/C22H27N3O5S/c1-3-16(2)23-22(27)19-9-4-5-10-20(19)24-21(26)17-7-6-8-18(15-17)31(28,29)25-11-13-30-14-12-25/h4-10,15-16H,3,11-14H2,1-2H3,(H,23,27)(H,24,26)/t16-/m1/s1. The van der Waals surface area contributed by atoms with Crippen LogP contribution in [0.25, 0.3) is 0 Å². The van der Waals surface area contributed by atoms with Crippen molar-refractivity contribution >= 4 is 27.5 Å². The Kier molecular flexibility index (Phi) is 7.42. The number of nitrogens with one attached hydrogen (secondary N) is 2. The number of para-hydroxylation sites is 1. The van der Waals surface area contributed by atoms with Gasteiger partial charge in [0.2, 0.25) is 10.0 Å². The van der Waals surface area contributed by atoms with E-state index in [0.717, 1.165) is 6.42 Å². The van der Waals surface area contributed by atoms with Crippen molar-refractivity contribution in [3.8, 4) is 0 Å². The topological polar surface area (TPSA) is 105 Å². The average Bonchev–Trinajstić information content (AvgIpc) is 2.80. The molecule has 1 aliphatic heterocycles. The molecule has 3 rings (SSSR count). The van der Waals surface area contributed by atoms with Crippen LogP contribution in [0.4, 0.5) is 5.69 Å². The second-order valence-corrected chi connectivity index (χ2v) is 9.26. The van der Waals surface area contributed by atoms with Crippen molar-refractivity contribution in [2.24, 2.45) is 0 Å². The fourth-order valence-corrected chi connectivity index (χ4v) is 4.58. The van der Waals surface area contributed by atoms with Crippen LogP contribution in [0.2, 0.25) is 0 Å². The largest absolute Gasteiger partial charge is 0.379 e. The normalized spacial score (nSPS) is 15.8. The van der Waals surface area contributed by atoms with E-state index in [1.54, 1.807) is 24.3 Å². The lowest BCUT2D eigenvalue weighted by molar-refractivity contribution is 0.0730. The van der Waals surface area contributed by atoms with Crippen LogP contribution in [-0.4, -0.2) is 56.9 Å². The van der Waals surface area contributed by atoms with Crippen LogP contribution >= 0.6 is 0 Å². The Labute approximate surface area is 182 Å². The van der Waals surface area contributed by atoms with E-state index >= 15 is 0 Å². The van der Waals surface area contributed by atoms with Gasteiger partial charge in [0.05, 0.1) is 29.4 Å². The molecule has 166 valence electrons. The summed E-state index contributed by atoms with van der Waals surface area (Å²) < 4.78 is 32.3. The van der Waals surface area contributed by atoms with E-state index in [1.807, 2.05) is 13.8 Å². The van der Waals surface area contributed by atoms with Gasteiger partial charge in [-0.2, -0.15) is 4.31 Å². The third-order valence-corrected chi connectivity index (χ3v) is 7.01. The zero-order chi connectivity index (χ0) is 22.4. The smallest absolute Gasteiger partial charge is 0.255 e. The Bertz CT molecular complexity index is 1050. The number of rotatable bonds is 7. The van der Waals surface area contributed by atoms with Gasteiger partial charge in [0.25, 0.3) is 11.8 Å². The molecule has 1 fully saturated rings. The maximum Gasteiger partial charge on any atom is 0.255 e. The predicted molar refractivity (Wildman–Crippen MR) is 118 cm³/mol. The highest BCUT2D eigenvalue weighted by Crippen LogP contribution is 2.20. The van der Waals surface area contributed by atoms with Gasteiger partial charge in [0.15, 0.2) is 0 Å². The first kappa shape index (κ1) is 22.9. The first-order valence-electron chi connectivity index (χ1n) is 10.2. The molecular formula is C22H27N3O5S. The van der Waals surface area contributed by atoms with Crippen LogP contribution in [0.1, 0.15) is 41.0 Å². The number of hydrogen-bond donors (Lipinski definition) is 2. The zero-order valence-electron chi connectivity index (χ0n) is 17.6. The maximum atomic E-state index is 12.9. The Morgan fingerprint density at radius 3 is 2.48 bits per heavy atom. The molecule has 1 heterocycles. The molecule has 2 aromatic rings. The molecule has 9 heteroatoms. The minimum absolute atomic E-state index is 0.00154. The van der Waals surface area contributed by atoms with E-state index in [-0.39, 0.29) is 35.5 Å². The number of sulfonamides is 1. The number of ether oxygens (including phenoxy) is 1. The lowest BCUT2D eigenvalue weighted by Crippen LogP contribution is -2.40. The van der Waals surface area contributed by atoms with Crippen molar-refractivity contribution in [2.45, 2.75) is 31.2 Å². The van der Waals surface area contributed by atoms with E-state index < -0.39 is 15.9 Å². The molecule has 31 heavy (non-hydrogen) atoms. The summed E-state index contributed by atoms with van der Waals surface area (Å²) in [5.41, 5.74) is 0.884. The molecule has 2 amide bonds. The van der Waals surface area contributed by atoms with Gasteiger partial charge >= 0.3 is 0 Å². The molecule has 0 bridgehead atoms. The van der Waals surface area contributed by atoms with E-state index in [4.69, 9.17) is 4.74 Å². The number of carbonyl (C=O) groups is 2. The van der Waals surface area contributed by atoms with Crippen LogP contribution in [0.15, 0.2) is 53.4 Å².